The first kappa shape index (κ1) is 12.3. The molecular formula is C13H21NO. The third-order valence-corrected chi connectivity index (χ3v) is 3.12. The van der Waals surface area contributed by atoms with Crippen molar-refractivity contribution in [2.45, 2.75) is 52.1 Å². The van der Waals surface area contributed by atoms with Crippen LogP contribution < -0.4 is 0 Å². The van der Waals surface area contributed by atoms with Crippen molar-refractivity contribution in [1.82, 2.24) is 0 Å². The van der Waals surface area contributed by atoms with E-state index < -0.39 is 0 Å². The molecule has 1 aliphatic rings. The van der Waals surface area contributed by atoms with Crippen molar-refractivity contribution in [2.24, 2.45) is 5.92 Å². The van der Waals surface area contributed by atoms with E-state index in [1.165, 1.54) is 18.4 Å². The Balaban J connectivity index is 2.50. The third kappa shape index (κ3) is 3.68. The molecule has 0 saturated carbocycles. The topological polar surface area (TPSA) is 33.0 Å². The van der Waals surface area contributed by atoms with Gasteiger partial charge in [-0.15, -0.1) is 0 Å². The van der Waals surface area contributed by atoms with E-state index in [0.29, 0.717) is 13.0 Å². The molecule has 0 heterocycles. The van der Waals surface area contributed by atoms with Crippen LogP contribution in [-0.2, 0) is 4.74 Å². The average Bonchev–Trinajstić information content (AvgIpc) is 2.18. The maximum atomic E-state index is 8.46. The van der Waals surface area contributed by atoms with Gasteiger partial charge in [0.25, 0.3) is 0 Å². The van der Waals surface area contributed by atoms with Crippen LogP contribution >= 0.6 is 0 Å². The lowest BCUT2D eigenvalue weighted by molar-refractivity contribution is 0.0100. The fraction of sp³-hybridized carbons (Fsp3) is 0.769. The molecule has 2 heteroatoms. The number of hydrogen-bond acceptors (Lipinski definition) is 2. The van der Waals surface area contributed by atoms with E-state index >= 15 is 0 Å². The standard InChI is InChI=1S/C13H21NO/c1-11-5-7-12(8-6-11)13(2,3)15-10-4-9-14/h7,11H,4-6,8,10H2,1-3H3/t11-/m0/s1. The van der Waals surface area contributed by atoms with Crippen LogP contribution in [0.3, 0.4) is 0 Å². The normalized spacial score (nSPS) is 22.0. The van der Waals surface area contributed by atoms with Gasteiger partial charge in [0.05, 0.1) is 24.7 Å². The summed E-state index contributed by atoms with van der Waals surface area (Å²) < 4.78 is 5.75. The molecule has 0 unspecified atom stereocenters. The Hall–Kier alpha value is -0.810. The lowest BCUT2D eigenvalue weighted by Crippen LogP contribution is -2.29. The monoisotopic (exact) mass is 207 g/mol. The van der Waals surface area contributed by atoms with E-state index in [1.54, 1.807) is 0 Å². The van der Waals surface area contributed by atoms with Gasteiger partial charge in [0.15, 0.2) is 0 Å². The predicted molar refractivity (Wildman–Crippen MR) is 61.4 cm³/mol. The zero-order valence-electron chi connectivity index (χ0n) is 10.0. The lowest BCUT2D eigenvalue weighted by atomic mass is 9.84. The van der Waals surface area contributed by atoms with Crippen LogP contribution in [-0.4, -0.2) is 12.2 Å². The summed E-state index contributed by atoms with van der Waals surface area (Å²) >= 11 is 0. The van der Waals surface area contributed by atoms with Crippen molar-refractivity contribution in [3.8, 4) is 6.07 Å². The number of ether oxygens (including phenoxy) is 1. The van der Waals surface area contributed by atoms with Gasteiger partial charge in [-0.25, -0.2) is 0 Å². The Bertz CT molecular complexity index is 273. The molecule has 1 aliphatic carbocycles. The second kappa shape index (κ2) is 5.32. The summed E-state index contributed by atoms with van der Waals surface area (Å²) in [5.74, 6) is 0.809. The van der Waals surface area contributed by atoms with Gasteiger partial charge in [-0.2, -0.15) is 5.26 Å². The molecule has 0 aliphatic heterocycles. The minimum Gasteiger partial charge on any atom is -0.370 e. The third-order valence-electron chi connectivity index (χ3n) is 3.12. The summed E-state index contributed by atoms with van der Waals surface area (Å²) in [6.07, 6.45) is 6.37. The van der Waals surface area contributed by atoms with Crippen LogP contribution in [0.4, 0.5) is 0 Å². The van der Waals surface area contributed by atoms with Gasteiger partial charge in [-0.1, -0.05) is 13.0 Å². The maximum Gasteiger partial charge on any atom is 0.0835 e. The fourth-order valence-electron chi connectivity index (χ4n) is 1.96. The summed E-state index contributed by atoms with van der Waals surface area (Å²) in [5.41, 5.74) is 1.22. The smallest absolute Gasteiger partial charge is 0.0835 e. The molecule has 1 rings (SSSR count). The highest BCUT2D eigenvalue weighted by Gasteiger charge is 2.25. The van der Waals surface area contributed by atoms with Crippen LogP contribution in [0.25, 0.3) is 0 Å². The summed E-state index contributed by atoms with van der Waals surface area (Å²) in [4.78, 5) is 0. The van der Waals surface area contributed by atoms with Crippen molar-refractivity contribution < 1.29 is 4.74 Å². The van der Waals surface area contributed by atoms with E-state index in [1.807, 2.05) is 0 Å². The van der Waals surface area contributed by atoms with E-state index in [-0.39, 0.29) is 5.60 Å². The first-order valence-corrected chi connectivity index (χ1v) is 5.76. The van der Waals surface area contributed by atoms with Gasteiger partial charge in [-0.05, 0) is 44.6 Å². The Morgan fingerprint density at radius 3 is 2.87 bits per heavy atom. The molecule has 0 fully saturated rings. The van der Waals surface area contributed by atoms with Crippen molar-refractivity contribution in [2.75, 3.05) is 6.61 Å². The van der Waals surface area contributed by atoms with Crippen LogP contribution in [0.15, 0.2) is 11.6 Å². The van der Waals surface area contributed by atoms with Crippen molar-refractivity contribution in [3.05, 3.63) is 11.6 Å². The van der Waals surface area contributed by atoms with E-state index in [9.17, 15) is 0 Å². The highest BCUT2D eigenvalue weighted by atomic mass is 16.5. The molecule has 0 radical (unpaired) electrons. The molecule has 1 atom stereocenters. The number of rotatable bonds is 4. The van der Waals surface area contributed by atoms with Gasteiger partial charge < -0.3 is 4.74 Å². The summed E-state index contributed by atoms with van der Waals surface area (Å²) in [6, 6.07) is 2.11. The largest absolute Gasteiger partial charge is 0.370 e. The second-order valence-electron chi connectivity index (χ2n) is 4.88. The molecule has 0 spiro atoms. The SMILES string of the molecule is C[C@H]1CC=C(C(C)(C)OCCC#N)CC1. The zero-order valence-corrected chi connectivity index (χ0v) is 10.0. The Labute approximate surface area is 92.9 Å². The molecule has 0 aromatic heterocycles. The van der Waals surface area contributed by atoms with Crippen molar-refractivity contribution >= 4 is 0 Å². The first-order chi connectivity index (χ1) is 7.06. The molecule has 2 nitrogen and oxygen atoms in total. The predicted octanol–water partition coefficient (Wildman–Crippen LogP) is 3.44. The summed E-state index contributed by atoms with van der Waals surface area (Å²) in [7, 11) is 0. The maximum absolute atomic E-state index is 8.46. The van der Waals surface area contributed by atoms with Crippen LogP contribution in [0, 0.1) is 17.2 Å². The number of hydrogen-bond donors (Lipinski definition) is 0. The second-order valence-corrected chi connectivity index (χ2v) is 4.88. The molecule has 0 saturated heterocycles. The summed E-state index contributed by atoms with van der Waals surface area (Å²) in [6.45, 7) is 7.03. The quantitative estimate of drug-likeness (QED) is 0.522. The van der Waals surface area contributed by atoms with E-state index in [4.69, 9.17) is 10.00 Å². The zero-order chi connectivity index (χ0) is 11.3. The molecule has 15 heavy (non-hydrogen) atoms. The molecule has 0 amide bonds. The van der Waals surface area contributed by atoms with Crippen LogP contribution in [0.2, 0.25) is 0 Å². The van der Waals surface area contributed by atoms with Crippen molar-refractivity contribution in [1.29, 1.82) is 5.26 Å². The lowest BCUT2D eigenvalue weighted by Gasteiger charge is -2.32. The molecule has 0 bridgehead atoms. The van der Waals surface area contributed by atoms with Crippen molar-refractivity contribution in [3.63, 3.8) is 0 Å². The number of nitrogens with zero attached hydrogens (tertiary/aromatic N) is 1. The Kier molecular flexibility index (Phi) is 4.35. The van der Waals surface area contributed by atoms with Crippen LogP contribution in [0.5, 0.6) is 0 Å². The molecular weight excluding hydrogens is 186 g/mol. The summed E-state index contributed by atoms with van der Waals surface area (Å²) in [5, 5.41) is 8.46. The molecule has 84 valence electrons. The molecule has 0 aromatic rings. The van der Waals surface area contributed by atoms with E-state index in [0.717, 1.165) is 12.3 Å². The molecule has 0 aromatic carbocycles. The van der Waals surface area contributed by atoms with Gasteiger partial charge in [-0.3, -0.25) is 0 Å². The van der Waals surface area contributed by atoms with E-state index in [2.05, 4.69) is 32.9 Å². The fourth-order valence-corrected chi connectivity index (χ4v) is 1.96. The minimum absolute atomic E-state index is 0.184. The highest BCUT2D eigenvalue weighted by molar-refractivity contribution is 5.17. The van der Waals surface area contributed by atoms with Gasteiger partial charge in [0.1, 0.15) is 0 Å². The number of allylic oxidation sites excluding steroid dienone is 1. The first-order valence-electron chi connectivity index (χ1n) is 5.76. The van der Waals surface area contributed by atoms with Gasteiger partial charge >= 0.3 is 0 Å². The minimum atomic E-state index is -0.184. The van der Waals surface area contributed by atoms with Gasteiger partial charge in [0, 0.05) is 0 Å². The highest BCUT2D eigenvalue weighted by Crippen LogP contribution is 2.32. The average molecular weight is 207 g/mol. The Morgan fingerprint density at radius 1 is 1.60 bits per heavy atom. The number of nitriles is 1. The van der Waals surface area contributed by atoms with Gasteiger partial charge in [0.2, 0.25) is 0 Å². The molecule has 0 N–H and O–H groups in total. The van der Waals surface area contributed by atoms with Crippen LogP contribution in [0.1, 0.15) is 46.5 Å². The Morgan fingerprint density at radius 2 is 2.33 bits per heavy atom.